The zero-order valence-corrected chi connectivity index (χ0v) is 9.63. The van der Waals surface area contributed by atoms with E-state index in [0.717, 1.165) is 38.9 Å². The second-order valence-electron chi connectivity index (χ2n) is 4.24. The van der Waals surface area contributed by atoms with Crippen molar-refractivity contribution < 1.29 is 5.11 Å². The Morgan fingerprint density at radius 2 is 2.25 bits per heavy atom. The average molecular weight is 220 g/mol. The fourth-order valence-corrected chi connectivity index (χ4v) is 2.14. The Kier molecular flexibility index (Phi) is 4.19. The predicted octanol–water partition coefficient (Wildman–Crippen LogP) is 1.52. The van der Waals surface area contributed by atoms with Gasteiger partial charge in [0.05, 0.1) is 0 Å². The van der Waals surface area contributed by atoms with Crippen LogP contribution in [0, 0.1) is 0 Å². The molecule has 3 nitrogen and oxygen atoms in total. The molecule has 1 heterocycles. The minimum atomic E-state index is 0.296. The van der Waals surface area contributed by atoms with Crippen molar-refractivity contribution in [2.75, 3.05) is 25.0 Å². The third kappa shape index (κ3) is 2.74. The molecule has 0 saturated carbocycles. The van der Waals surface area contributed by atoms with E-state index in [1.54, 1.807) is 0 Å². The Morgan fingerprint density at radius 3 is 3.12 bits per heavy atom. The van der Waals surface area contributed by atoms with E-state index in [9.17, 15) is 0 Å². The summed E-state index contributed by atoms with van der Waals surface area (Å²) in [5.41, 5.74) is 4.13. The van der Waals surface area contributed by atoms with Crippen molar-refractivity contribution in [2.45, 2.75) is 25.8 Å². The van der Waals surface area contributed by atoms with E-state index in [1.165, 1.54) is 16.8 Å². The molecule has 1 aromatic rings. The van der Waals surface area contributed by atoms with E-state index in [1.807, 2.05) is 0 Å². The van der Waals surface area contributed by atoms with E-state index < -0.39 is 0 Å². The summed E-state index contributed by atoms with van der Waals surface area (Å²) in [6, 6.07) is 6.51. The first-order chi connectivity index (χ1) is 7.92. The van der Waals surface area contributed by atoms with E-state index in [0.29, 0.717) is 6.61 Å². The van der Waals surface area contributed by atoms with Gasteiger partial charge in [0.2, 0.25) is 0 Å². The lowest BCUT2D eigenvalue weighted by molar-refractivity contribution is 0.283. The number of benzene rings is 1. The minimum Gasteiger partial charge on any atom is -0.396 e. The summed E-state index contributed by atoms with van der Waals surface area (Å²) < 4.78 is 0. The van der Waals surface area contributed by atoms with Crippen LogP contribution in [0.4, 0.5) is 5.69 Å². The summed E-state index contributed by atoms with van der Waals surface area (Å²) in [5.74, 6) is 0. The predicted molar refractivity (Wildman–Crippen MR) is 66.7 cm³/mol. The maximum Gasteiger partial charge on any atom is 0.0431 e. The number of anilines is 1. The van der Waals surface area contributed by atoms with Crippen molar-refractivity contribution in [2.24, 2.45) is 0 Å². The summed E-state index contributed by atoms with van der Waals surface area (Å²) in [6.07, 6.45) is 3.07. The highest BCUT2D eigenvalue weighted by Gasteiger charge is 2.12. The van der Waals surface area contributed by atoms with Gasteiger partial charge < -0.3 is 15.7 Å². The fourth-order valence-electron chi connectivity index (χ4n) is 2.14. The van der Waals surface area contributed by atoms with Crippen LogP contribution in [0.2, 0.25) is 0 Å². The molecular weight excluding hydrogens is 200 g/mol. The van der Waals surface area contributed by atoms with E-state index >= 15 is 0 Å². The van der Waals surface area contributed by atoms with Crippen molar-refractivity contribution >= 4 is 5.69 Å². The van der Waals surface area contributed by atoms with E-state index in [4.69, 9.17) is 5.11 Å². The van der Waals surface area contributed by atoms with Crippen LogP contribution in [-0.2, 0) is 13.0 Å². The standard InChI is InChI=1S/C13H20N2O/c16-9-2-1-7-14-10-12-5-3-4-11-6-8-15-13(11)12/h3-5,14-16H,1-2,6-10H2. The van der Waals surface area contributed by atoms with Gasteiger partial charge in [-0.25, -0.2) is 0 Å². The van der Waals surface area contributed by atoms with Crippen molar-refractivity contribution in [3.8, 4) is 0 Å². The van der Waals surface area contributed by atoms with E-state index in [2.05, 4.69) is 28.8 Å². The molecule has 0 radical (unpaired) electrons. The summed E-state index contributed by atoms with van der Waals surface area (Å²) in [6.45, 7) is 3.26. The molecular formula is C13H20N2O. The zero-order valence-electron chi connectivity index (χ0n) is 9.63. The van der Waals surface area contributed by atoms with Crippen molar-refractivity contribution in [1.82, 2.24) is 5.32 Å². The van der Waals surface area contributed by atoms with Crippen LogP contribution < -0.4 is 10.6 Å². The first-order valence-electron chi connectivity index (χ1n) is 6.08. The van der Waals surface area contributed by atoms with Gasteiger partial charge in [-0.2, -0.15) is 0 Å². The highest BCUT2D eigenvalue weighted by molar-refractivity contribution is 5.61. The molecule has 0 amide bonds. The molecule has 0 saturated heterocycles. The molecule has 3 heteroatoms. The highest BCUT2D eigenvalue weighted by Crippen LogP contribution is 2.25. The van der Waals surface area contributed by atoms with Gasteiger partial charge in [0.25, 0.3) is 0 Å². The van der Waals surface area contributed by atoms with Crippen LogP contribution in [0.1, 0.15) is 24.0 Å². The van der Waals surface area contributed by atoms with Gasteiger partial charge in [-0.3, -0.25) is 0 Å². The molecule has 1 aromatic carbocycles. The maximum atomic E-state index is 8.67. The van der Waals surface area contributed by atoms with Gasteiger partial charge in [-0.15, -0.1) is 0 Å². The number of fused-ring (bicyclic) bond motifs is 1. The fraction of sp³-hybridized carbons (Fsp3) is 0.538. The van der Waals surface area contributed by atoms with E-state index in [-0.39, 0.29) is 0 Å². The number of aliphatic hydroxyl groups is 1. The quantitative estimate of drug-likeness (QED) is 0.637. The zero-order chi connectivity index (χ0) is 11.2. The Labute approximate surface area is 96.9 Å². The summed E-state index contributed by atoms with van der Waals surface area (Å²) >= 11 is 0. The van der Waals surface area contributed by atoms with Crippen molar-refractivity contribution in [3.63, 3.8) is 0 Å². The second kappa shape index (κ2) is 5.87. The van der Waals surface area contributed by atoms with Crippen LogP contribution in [0.5, 0.6) is 0 Å². The molecule has 2 rings (SSSR count). The molecule has 0 aliphatic carbocycles. The topological polar surface area (TPSA) is 44.3 Å². The SMILES string of the molecule is OCCCCNCc1cccc2c1NCC2. The lowest BCUT2D eigenvalue weighted by Gasteiger charge is -2.09. The number of hydrogen-bond acceptors (Lipinski definition) is 3. The summed E-state index contributed by atoms with van der Waals surface area (Å²) in [5, 5.41) is 15.5. The van der Waals surface area contributed by atoms with Crippen LogP contribution in [0.25, 0.3) is 0 Å². The molecule has 0 fully saturated rings. The molecule has 88 valence electrons. The molecule has 16 heavy (non-hydrogen) atoms. The summed E-state index contributed by atoms with van der Waals surface area (Å²) in [7, 11) is 0. The van der Waals surface area contributed by atoms with Crippen LogP contribution in [0.3, 0.4) is 0 Å². The second-order valence-corrected chi connectivity index (χ2v) is 4.24. The third-order valence-electron chi connectivity index (χ3n) is 3.01. The van der Waals surface area contributed by atoms with Gasteiger partial charge in [0, 0.05) is 25.4 Å². The Balaban J connectivity index is 1.83. The molecule has 0 spiro atoms. The number of unbranched alkanes of at least 4 members (excludes halogenated alkanes) is 1. The number of aliphatic hydroxyl groups excluding tert-OH is 1. The van der Waals surface area contributed by atoms with Crippen molar-refractivity contribution in [1.29, 1.82) is 0 Å². The summed E-state index contributed by atoms with van der Waals surface area (Å²) in [4.78, 5) is 0. The monoisotopic (exact) mass is 220 g/mol. The molecule has 0 unspecified atom stereocenters. The van der Waals surface area contributed by atoms with Gasteiger partial charge >= 0.3 is 0 Å². The lowest BCUT2D eigenvalue weighted by atomic mass is 10.1. The molecule has 1 aliphatic rings. The minimum absolute atomic E-state index is 0.296. The first kappa shape index (κ1) is 11.4. The Morgan fingerprint density at radius 1 is 1.31 bits per heavy atom. The van der Waals surface area contributed by atoms with Crippen LogP contribution in [0.15, 0.2) is 18.2 Å². The van der Waals surface area contributed by atoms with Gasteiger partial charge in [0.1, 0.15) is 0 Å². The molecule has 0 atom stereocenters. The number of para-hydroxylation sites is 1. The van der Waals surface area contributed by atoms with Gasteiger partial charge in [0.15, 0.2) is 0 Å². The molecule has 0 bridgehead atoms. The lowest BCUT2D eigenvalue weighted by Crippen LogP contribution is -2.15. The average Bonchev–Trinajstić information content (AvgIpc) is 2.77. The highest BCUT2D eigenvalue weighted by atomic mass is 16.2. The number of nitrogens with one attached hydrogen (secondary N) is 2. The van der Waals surface area contributed by atoms with Crippen LogP contribution in [-0.4, -0.2) is 24.8 Å². The smallest absolute Gasteiger partial charge is 0.0431 e. The van der Waals surface area contributed by atoms with Crippen molar-refractivity contribution in [3.05, 3.63) is 29.3 Å². The number of rotatable bonds is 6. The first-order valence-corrected chi connectivity index (χ1v) is 6.08. The normalized spacial score (nSPS) is 13.6. The Bertz CT molecular complexity index is 339. The Hall–Kier alpha value is -1.06. The largest absolute Gasteiger partial charge is 0.396 e. The maximum absolute atomic E-state index is 8.67. The third-order valence-corrected chi connectivity index (χ3v) is 3.01. The number of hydrogen-bond donors (Lipinski definition) is 3. The van der Waals surface area contributed by atoms with Gasteiger partial charge in [-0.05, 0) is 36.9 Å². The van der Waals surface area contributed by atoms with Gasteiger partial charge in [-0.1, -0.05) is 18.2 Å². The van der Waals surface area contributed by atoms with Crippen LogP contribution >= 0.6 is 0 Å². The molecule has 0 aromatic heterocycles. The molecule has 1 aliphatic heterocycles. The molecule has 3 N–H and O–H groups in total.